The first kappa shape index (κ1) is 17.4. The van der Waals surface area contributed by atoms with Crippen molar-refractivity contribution < 1.29 is 14.3 Å². The first-order valence-electron chi connectivity index (χ1n) is 8.49. The Morgan fingerprint density at radius 3 is 2.28 bits per heavy atom. The van der Waals surface area contributed by atoms with Gasteiger partial charge in [-0.3, -0.25) is 9.59 Å². The third-order valence-electron chi connectivity index (χ3n) is 4.42. The number of para-hydroxylation sites is 1. The molecule has 25 heavy (non-hydrogen) atoms. The Labute approximate surface area is 147 Å². The number of carbonyl (C=O) groups excluding carboxylic acids is 2. The van der Waals surface area contributed by atoms with Gasteiger partial charge in [0.15, 0.2) is 0 Å². The fraction of sp³-hybridized carbons (Fsp3) is 0.421. The summed E-state index contributed by atoms with van der Waals surface area (Å²) in [5.74, 6) is -0.987. The van der Waals surface area contributed by atoms with Crippen LogP contribution in [-0.4, -0.2) is 51.7 Å². The number of aromatic nitrogens is 2. The molecule has 0 spiro atoms. The molecule has 1 aliphatic heterocycles. The van der Waals surface area contributed by atoms with Gasteiger partial charge >= 0.3 is 0 Å². The molecule has 3 rings (SSSR count). The molecule has 1 saturated heterocycles. The normalized spacial score (nSPS) is 20.6. The van der Waals surface area contributed by atoms with E-state index >= 15 is 0 Å². The minimum Gasteiger partial charge on any atom is -0.372 e. The third-order valence-corrected chi connectivity index (χ3v) is 4.42. The summed E-state index contributed by atoms with van der Waals surface area (Å²) in [4.78, 5) is 27.2. The number of rotatable bonds is 3. The van der Waals surface area contributed by atoms with E-state index in [1.807, 2.05) is 51.1 Å². The highest BCUT2D eigenvalue weighted by Crippen LogP contribution is 2.20. The molecule has 0 bridgehead atoms. The second-order valence-corrected chi connectivity index (χ2v) is 6.59. The highest BCUT2D eigenvalue weighted by Gasteiger charge is 2.33. The quantitative estimate of drug-likeness (QED) is 0.635. The summed E-state index contributed by atoms with van der Waals surface area (Å²) < 4.78 is 7.35. The summed E-state index contributed by atoms with van der Waals surface area (Å²) >= 11 is 0. The van der Waals surface area contributed by atoms with E-state index in [9.17, 15) is 9.59 Å². The molecule has 1 amide bonds. The average Bonchev–Trinajstić information content (AvgIpc) is 2.88. The molecular weight excluding hydrogens is 318 g/mol. The SMILES string of the molecule is Cc1nn(-c2ccccc2)c(C)c1C(=O)C(=O)N1CC(C)OC(C)C1. The van der Waals surface area contributed by atoms with E-state index in [1.54, 1.807) is 16.5 Å². The highest BCUT2D eigenvalue weighted by molar-refractivity contribution is 6.43. The number of aryl methyl sites for hydroxylation is 1. The molecule has 0 radical (unpaired) electrons. The smallest absolute Gasteiger partial charge is 0.295 e. The van der Waals surface area contributed by atoms with Gasteiger partial charge in [-0.2, -0.15) is 5.10 Å². The Bertz CT molecular complexity index is 788. The van der Waals surface area contributed by atoms with E-state index in [2.05, 4.69) is 5.10 Å². The predicted octanol–water partition coefficient (Wildman–Crippen LogP) is 2.31. The van der Waals surface area contributed by atoms with Crippen molar-refractivity contribution in [1.29, 1.82) is 0 Å². The molecule has 0 N–H and O–H groups in total. The van der Waals surface area contributed by atoms with Crippen LogP contribution in [0.1, 0.15) is 35.6 Å². The van der Waals surface area contributed by atoms with E-state index in [1.165, 1.54) is 0 Å². The third kappa shape index (κ3) is 3.35. The minimum atomic E-state index is -0.501. The van der Waals surface area contributed by atoms with Crippen molar-refractivity contribution in [2.75, 3.05) is 13.1 Å². The summed E-state index contributed by atoms with van der Waals surface area (Å²) in [5.41, 5.74) is 2.49. The summed E-state index contributed by atoms with van der Waals surface area (Å²) in [6.07, 6.45) is -0.149. The summed E-state index contributed by atoms with van der Waals surface area (Å²) in [6, 6.07) is 9.58. The second kappa shape index (κ2) is 6.80. The number of amides is 1. The van der Waals surface area contributed by atoms with Gasteiger partial charge in [0.05, 0.1) is 34.8 Å². The van der Waals surface area contributed by atoms with Crippen molar-refractivity contribution >= 4 is 11.7 Å². The molecule has 1 aromatic heterocycles. The monoisotopic (exact) mass is 341 g/mol. The standard InChI is InChI=1S/C19H23N3O3/c1-12-10-21(11-13(2)25-12)19(24)18(23)17-14(3)20-22(15(17)4)16-8-6-5-7-9-16/h5-9,12-13H,10-11H2,1-4H3. The second-order valence-electron chi connectivity index (χ2n) is 6.59. The lowest BCUT2D eigenvalue weighted by Crippen LogP contribution is -2.50. The Morgan fingerprint density at radius 2 is 1.68 bits per heavy atom. The number of morpholine rings is 1. The maximum atomic E-state index is 12.9. The van der Waals surface area contributed by atoms with Crippen LogP contribution in [0.4, 0.5) is 0 Å². The van der Waals surface area contributed by atoms with Crippen molar-refractivity contribution in [3.05, 3.63) is 47.3 Å². The fourth-order valence-electron chi connectivity index (χ4n) is 3.39. The van der Waals surface area contributed by atoms with Crippen LogP contribution in [0.5, 0.6) is 0 Å². The number of hydrogen-bond donors (Lipinski definition) is 0. The molecule has 0 aliphatic carbocycles. The lowest BCUT2D eigenvalue weighted by Gasteiger charge is -2.34. The number of ketones is 1. The van der Waals surface area contributed by atoms with E-state index in [0.29, 0.717) is 30.0 Å². The van der Waals surface area contributed by atoms with Gasteiger partial charge < -0.3 is 9.64 Å². The molecule has 1 aliphatic rings. The van der Waals surface area contributed by atoms with Crippen LogP contribution in [0.2, 0.25) is 0 Å². The van der Waals surface area contributed by atoms with Crippen LogP contribution in [0.25, 0.3) is 5.69 Å². The average molecular weight is 341 g/mol. The summed E-state index contributed by atoms with van der Waals surface area (Å²) in [6.45, 7) is 8.25. The molecule has 2 atom stereocenters. The van der Waals surface area contributed by atoms with Crippen molar-refractivity contribution in [3.63, 3.8) is 0 Å². The van der Waals surface area contributed by atoms with Crippen molar-refractivity contribution in [2.24, 2.45) is 0 Å². The number of nitrogens with zero attached hydrogens (tertiary/aromatic N) is 3. The van der Waals surface area contributed by atoms with Crippen molar-refractivity contribution in [1.82, 2.24) is 14.7 Å². The molecule has 2 heterocycles. The molecule has 1 aromatic carbocycles. The maximum Gasteiger partial charge on any atom is 0.295 e. The zero-order chi connectivity index (χ0) is 18.1. The first-order chi connectivity index (χ1) is 11.9. The van der Waals surface area contributed by atoms with E-state index < -0.39 is 11.7 Å². The Kier molecular flexibility index (Phi) is 4.72. The van der Waals surface area contributed by atoms with Crippen molar-refractivity contribution in [3.8, 4) is 5.69 Å². The van der Waals surface area contributed by atoms with Crippen LogP contribution in [0.3, 0.4) is 0 Å². The molecule has 2 unspecified atom stereocenters. The topological polar surface area (TPSA) is 64.4 Å². The maximum absolute atomic E-state index is 12.9. The minimum absolute atomic E-state index is 0.0743. The number of Topliss-reactive ketones (excluding diaryl/α,β-unsaturated/α-hetero) is 1. The van der Waals surface area contributed by atoms with Crippen LogP contribution < -0.4 is 0 Å². The van der Waals surface area contributed by atoms with Gasteiger partial charge in [-0.05, 0) is 39.8 Å². The lowest BCUT2D eigenvalue weighted by molar-refractivity contribution is -0.138. The Balaban J connectivity index is 1.90. The Hall–Kier alpha value is -2.47. The van der Waals surface area contributed by atoms with Crippen LogP contribution in [-0.2, 0) is 9.53 Å². The number of ether oxygens (including phenoxy) is 1. The van der Waals surface area contributed by atoms with Gasteiger partial charge in [0, 0.05) is 13.1 Å². The van der Waals surface area contributed by atoms with Crippen LogP contribution >= 0.6 is 0 Å². The van der Waals surface area contributed by atoms with Gasteiger partial charge in [-0.1, -0.05) is 18.2 Å². The summed E-state index contributed by atoms with van der Waals surface area (Å²) in [5, 5.41) is 4.46. The molecule has 1 fully saturated rings. The predicted molar refractivity (Wildman–Crippen MR) is 94.0 cm³/mol. The number of carbonyl (C=O) groups is 2. The Morgan fingerprint density at radius 1 is 1.08 bits per heavy atom. The van der Waals surface area contributed by atoms with Gasteiger partial charge in [-0.15, -0.1) is 0 Å². The number of hydrogen-bond acceptors (Lipinski definition) is 4. The largest absolute Gasteiger partial charge is 0.372 e. The molecule has 6 heteroatoms. The van der Waals surface area contributed by atoms with Crippen molar-refractivity contribution in [2.45, 2.75) is 39.9 Å². The van der Waals surface area contributed by atoms with Gasteiger partial charge in [0.25, 0.3) is 11.7 Å². The molecule has 0 saturated carbocycles. The zero-order valence-electron chi connectivity index (χ0n) is 15.0. The van der Waals surface area contributed by atoms with Gasteiger partial charge in [0.2, 0.25) is 0 Å². The fourth-order valence-corrected chi connectivity index (χ4v) is 3.39. The lowest BCUT2D eigenvalue weighted by atomic mass is 10.1. The van der Waals surface area contributed by atoms with E-state index in [0.717, 1.165) is 5.69 Å². The first-order valence-corrected chi connectivity index (χ1v) is 8.49. The summed E-state index contributed by atoms with van der Waals surface area (Å²) in [7, 11) is 0. The zero-order valence-corrected chi connectivity index (χ0v) is 15.0. The molecule has 2 aromatic rings. The van der Waals surface area contributed by atoms with E-state index in [4.69, 9.17) is 4.74 Å². The molecule has 132 valence electrons. The van der Waals surface area contributed by atoms with Gasteiger partial charge in [0.1, 0.15) is 0 Å². The number of benzene rings is 1. The van der Waals surface area contributed by atoms with E-state index in [-0.39, 0.29) is 12.2 Å². The molecule has 6 nitrogen and oxygen atoms in total. The van der Waals surface area contributed by atoms with Crippen LogP contribution in [0.15, 0.2) is 30.3 Å². The highest BCUT2D eigenvalue weighted by atomic mass is 16.5. The molecular formula is C19H23N3O3. The van der Waals surface area contributed by atoms with Crippen LogP contribution in [0, 0.1) is 13.8 Å². The van der Waals surface area contributed by atoms with Gasteiger partial charge in [-0.25, -0.2) is 4.68 Å².